The number of fused-ring (bicyclic) bond motifs is 1. The molecule has 2 heteroatoms. The van der Waals surface area contributed by atoms with Gasteiger partial charge in [0.2, 0.25) is 0 Å². The van der Waals surface area contributed by atoms with Crippen LogP contribution in [0.4, 0.5) is 0 Å². The largest absolute Gasteiger partial charge is 0.378 e. The zero-order chi connectivity index (χ0) is 7.26. The molecule has 0 aromatic carbocycles. The van der Waals surface area contributed by atoms with Gasteiger partial charge in [0, 0.05) is 30.1 Å². The molecule has 0 radical (unpaired) electrons. The number of hydrogen-bond acceptors (Lipinski definition) is 2. The summed E-state index contributed by atoms with van der Waals surface area (Å²) in [6.07, 6.45) is 7.62. The summed E-state index contributed by atoms with van der Waals surface area (Å²) in [6, 6.07) is 0.629. The normalized spacial score (nSPS) is 32.0. The second-order valence-corrected chi connectivity index (χ2v) is 3.33. The van der Waals surface area contributed by atoms with E-state index in [9.17, 15) is 0 Å². The molecule has 2 nitrogen and oxygen atoms in total. The number of nitrogens with zero attached hydrogens (tertiary/aromatic N) is 1. The van der Waals surface area contributed by atoms with Gasteiger partial charge in [-0.15, -0.1) is 0 Å². The highest BCUT2D eigenvalue weighted by atomic mass is 15.0. The molecule has 56 valence electrons. The molecular formula is C9H10N2. The van der Waals surface area contributed by atoms with Crippen LogP contribution in [0.25, 0.3) is 0 Å². The molecule has 0 aromatic rings. The van der Waals surface area contributed by atoms with E-state index in [2.05, 4.69) is 10.3 Å². The molecule has 4 bridgehead atoms. The van der Waals surface area contributed by atoms with Gasteiger partial charge in [-0.05, 0) is 18.4 Å². The lowest BCUT2D eigenvalue weighted by Crippen LogP contribution is -2.47. The highest BCUT2D eigenvalue weighted by molar-refractivity contribution is 5.67. The molecule has 0 spiro atoms. The third-order valence-electron chi connectivity index (χ3n) is 2.73. The van der Waals surface area contributed by atoms with E-state index in [1.54, 1.807) is 5.57 Å². The maximum atomic E-state index is 4.23. The van der Waals surface area contributed by atoms with Gasteiger partial charge in [0.25, 0.3) is 0 Å². The quantitative estimate of drug-likeness (QED) is 0.548. The van der Waals surface area contributed by atoms with Crippen molar-refractivity contribution in [3.8, 4) is 0 Å². The third-order valence-corrected chi connectivity index (χ3v) is 2.73. The Bertz CT molecular complexity index is 294. The van der Waals surface area contributed by atoms with Gasteiger partial charge in [-0.2, -0.15) is 0 Å². The average Bonchev–Trinajstić information content (AvgIpc) is 2.12. The van der Waals surface area contributed by atoms with Crippen LogP contribution in [0, 0.1) is 0 Å². The summed E-state index contributed by atoms with van der Waals surface area (Å²) >= 11 is 0. The van der Waals surface area contributed by atoms with Crippen LogP contribution in [-0.4, -0.2) is 12.3 Å². The molecule has 1 unspecified atom stereocenters. The van der Waals surface area contributed by atoms with Crippen LogP contribution in [0.15, 0.2) is 28.0 Å². The van der Waals surface area contributed by atoms with E-state index < -0.39 is 0 Å². The van der Waals surface area contributed by atoms with Crippen LogP contribution in [0.5, 0.6) is 0 Å². The van der Waals surface area contributed by atoms with Crippen molar-refractivity contribution in [2.75, 3.05) is 0 Å². The Hall–Kier alpha value is -1.05. The number of rotatable bonds is 0. The monoisotopic (exact) mass is 146 g/mol. The van der Waals surface area contributed by atoms with Crippen molar-refractivity contribution in [2.45, 2.75) is 25.3 Å². The maximum Gasteiger partial charge on any atom is 0.0552 e. The van der Waals surface area contributed by atoms with Gasteiger partial charge in [-0.1, -0.05) is 0 Å². The van der Waals surface area contributed by atoms with Crippen LogP contribution in [0.3, 0.4) is 0 Å². The molecule has 1 saturated heterocycles. The Morgan fingerprint density at radius 3 is 3.45 bits per heavy atom. The fourth-order valence-corrected chi connectivity index (χ4v) is 2.06. The first kappa shape index (κ1) is 5.58. The SMILES string of the molecule is C1=NC=C2C3=C(C1)CCC2N3. The summed E-state index contributed by atoms with van der Waals surface area (Å²) in [4.78, 5) is 4.23. The first-order valence-electron chi connectivity index (χ1n) is 4.16. The minimum Gasteiger partial charge on any atom is -0.378 e. The zero-order valence-corrected chi connectivity index (χ0v) is 6.30. The minimum atomic E-state index is 0.629. The molecule has 1 N–H and O–H groups in total. The highest BCUT2D eigenvalue weighted by Gasteiger charge is 2.35. The first-order valence-corrected chi connectivity index (χ1v) is 4.16. The third kappa shape index (κ3) is 0.595. The van der Waals surface area contributed by atoms with Crippen molar-refractivity contribution in [1.29, 1.82) is 0 Å². The molecule has 11 heavy (non-hydrogen) atoms. The summed E-state index contributed by atoms with van der Waals surface area (Å²) in [7, 11) is 0. The van der Waals surface area contributed by atoms with Crippen LogP contribution in [0.1, 0.15) is 19.3 Å². The number of nitrogens with one attached hydrogen (secondary N) is 1. The van der Waals surface area contributed by atoms with Crippen LogP contribution in [-0.2, 0) is 0 Å². The summed E-state index contributed by atoms with van der Waals surface area (Å²) in [5.41, 5.74) is 4.40. The lowest BCUT2D eigenvalue weighted by atomic mass is 9.80. The van der Waals surface area contributed by atoms with Gasteiger partial charge in [0.05, 0.1) is 6.04 Å². The predicted molar refractivity (Wildman–Crippen MR) is 44.4 cm³/mol. The smallest absolute Gasteiger partial charge is 0.0552 e. The molecule has 1 atom stereocenters. The Labute approximate surface area is 65.7 Å². The minimum absolute atomic E-state index is 0.629. The van der Waals surface area contributed by atoms with Gasteiger partial charge in [-0.3, -0.25) is 4.99 Å². The second-order valence-electron chi connectivity index (χ2n) is 3.33. The number of allylic oxidation sites excluding steroid dienone is 1. The molecule has 0 saturated carbocycles. The van der Waals surface area contributed by atoms with Crippen molar-refractivity contribution in [3.63, 3.8) is 0 Å². The molecule has 1 fully saturated rings. The van der Waals surface area contributed by atoms with Crippen molar-refractivity contribution in [1.82, 2.24) is 5.32 Å². The lowest BCUT2D eigenvalue weighted by molar-refractivity contribution is 0.474. The van der Waals surface area contributed by atoms with Crippen LogP contribution in [0.2, 0.25) is 0 Å². The van der Waals surface area contributed by atoms with E-state index in [0.29, 0.717) is 6.04 Å². The summed E-state index contributed by atoms with van der Waals surface area (Å²) in [6.45, 7) is 0. The molecule has 1 aliphatic carbocycles. The van der Waals surface area contributed by atoms with Gasteiger partial charge >= 0.3 is 0 Å². The number of aliphatic imine (C=N–C) groups is 1. The Kier molecular flexibility index (Phi) is 0.891. The molecule has 0 aromatic heterocycles. The van der Waals surface area contributed by atoms with Gasteiger partial charge in [0.15, 0.2) is 0 Å². The van der Waals surface area contributed by atoms with E-state index in [-0.39, 0.29) is 0 Å². The molecule has 3 aliphatic heterocycles. The average molecular weight is 146 g/mol. The Morgan fingerprint density at radius 2 is 2.55 bits per heavy atom. The lowest BCUT2D eigenvalue weighted by Gasteiger charge is -2.41. The van der Waals surface area contributed by atoms with E-state index in [1.165, 1.54) is 24.1 Å². The molecule has 3 heterocycles. The fourth-order valence-electron chi connectivity index (χ4n) is 2.06. The zero-order valence-electron chi connectivity index (χ0n) is 6.30. The van der Waals surface area contributed by atoms with E-state index >= 15 is 0 Å². The molecular weight excluding hydrogens is 136 g/mol. The van der Waals surface area contributed by atoms with Crippen molar-refractivity contribution in [3.05, 3.63) is 23.0 Å². The summed E-state index contributed by atoms with van der Waals surface area (Å²) < 4.78 is 0. The molecule has 0 amide bonds. The fraction of sp³-hybridized carbons (Fsp3) is 0.444. The van der Waals surface area contributed by atoms with E-state index in [0.717, 1.165) is 6.42 Å². The Balaban J connectivity index is 2.17. The maximum absolute atomic E-state index is 4.23. The molecule has 4 aliphatic rings. The highest BCUT2D eigenvalue weighted by Crippen LogP contribution is 2.39. The van der Waals surface area contributed by atoms with Crippen molar-refractivity contribution >= 4 is 6.21 Å². The van der Waals surface area contributed by atoms with Gasteiger partial charge in [0.1, 0.15) is 0 Å². The Morgan fingerprint density at radius 1 is 1.55 bits per heavy atom. The van der Waals surface area contributed by atoms with Crippen molar-refractivity contribution in [2.24, 2.45) is 4.99 Å². The predicted octanol–water partition coefficient (Wildman–Crippen LogP) is 1.36. The van der Waals surface area contributed by atoms with E-state index in [1.807, 2.05) is 12.4 Å². The molecule has 4 rings (SSSR count). The van der Waals surface area contributed by atoms with Crippen molar-refractivity contribution < 1.29 is 0 Å². The first-order chi connectivity index (χ1) is 5.45. The van der Waals surface area contributed by atoms with Crippen LogP contribution >= 0.6 is 0 Å². The summed E-state index contributed by atoms with van der Waals surface area (Å²) in [5.74, 6) is 0. The van der Waals surface area contributed by atoms with Crippen LogP contribution < -0.4 is 5.32 Å². The number of hydrogen-bond donors (Lipinski definition) is 1. The standard InChI is InChI=1S/C9H10N2/c1-2-8-7-5-10-4-3-6(1)9(7)11-8/h4-5,8,11H,1-3H2. The van der Waals surface area contributed by atoms with E-state index in [4.69, 9.17) is 0 Å². The van der Waals surface area contributed by atoms with Gasteiger partial charge in [-0.25, -0.2) is 0 Å². The van der Waals surface area contributed by atoms with Gasteiger partial charge < -0.3 is 5.32 Å². The topological polar surface area (TPSA) is 24.4 Å². The summed E-state index contributed by atoms with van der Waals surface area (Å²) in [5, 5.41) is 3.45. The second kappa shape index (κ2) is 1.76.